The van der Waals surface area contributed by atoms with Crippen LogP contribution in [-0.2, 0) is 0 Å². The maximum absolute atomic E-state index is 6.00. The van der Waals surface area contributed by atoms with Crippen LogP contribution in [0, 0.1) is 25.2 Å². The topological polar surface area (TPSA) is 29.3 Å². The Balaban J connectivity index is 2.14. The van der Waals surface area contributed by atoms with Gasteiger partial charge >= 0.3 is 0 Å². The van der Waals surface area contributed by atoms with Crippen LogP contribution in [0.4, 0.5) is 11.4 Å². The summed E-state index contributed by atoms with van der Waals surface area (Å²) in [5, 5.41) is 0. The van der Waals surface area contributed by atoms with Crippen molar-refractivity contribution in [3.05, 3.63) is 23.3 Å². The van der Waals surface area contributed by atoms with Crippen molar-refractivity contribution in [2.24, 2.45) is 11.3 Å². The molecule has 1 aromatic carbocycles. The standard InChI is InChI=1S/C15H24N2/c1-10-6-11(2)14(7-13(10)16)17-8-12(9-17)15(3,4)5/h6-7,12H,8-9,16H2,1-5H3. The van der Waals surface area contributed by atoms with Gasteiger partial charge in [-0.05, 0) is 42.4 Å². The van der Waals surface area contributed by atoms with E-state index in [1.165, 1.54) is 16.8 Å². The maximum atomic E-state index is 6.00. The van der Waals surface area contributed by atoms with E-state index in [0.717, 1.165) is 24.7 Å². The minimum atomic E-state index is 0.417. The first-order valence-corrected chi connectivity index (χ1v) is 6.40. The Morgan fingerprint density at radius 2 is 1.71 bits per heavy atom. The largest absolute Gasteiger partial charge is 0.398 e. The molecule has 1 aliphatic heterocycles. The lowest BCUT2D eigenvalue weighted by atomic mass is 9.75. The highest BCUT2D eigenvalue weighted by Gasteiger charge is 2.36. The number of benzene rings is 1. The molecule has 2 nitrogen and oxygen atoms in total. The van der Waals surface area contributed by atoms with Crippen molar-refractivity contribution in [3.8, 4) is 0 Å². The highest BCUT2D eigenvalue weighted by Crippen LogP contribution is 2.38. The number of rotatable bonds is 1. The lowest BCUT2D eigenvalue weighted by Gasteiger charge is -2.48. The second kappa shape index (κ2) is 3.94. The van der Waals surface area contributed by atoms with Crippen LogP contribution in [0.2, 0.25) is 0 Å². The molecule has 0 atom stereocenters. The van der Waals surface area contributed by atoms with Crippen molar-refractivity contribution in [3.63, 3.8) is 0 Å². The van der Waals surface area contributed by atoms with Gasteiger partial charge in [0.1, 0.15) is 0 Å². The molecule has 1 saturated heterocycles. The molecule has 0 amide bonds. The predicted molar refractivity (Wildman–Crippen MR) is 75.5 cm³/mol. The van der Waals surface area contributed by atoms with Crippen LogP contribution in [0.15, 0.2) is 12.1 Å². The van der Waals surface area contributed by atoms with Crippen LogP contribution in [0.25, 0.3) is 0 Å². The third-order valence-electron chi connectivity index (χ3n) is 4.03. The van der Waals surface area contributed by atoms with Crippen molar-refractivity contribution >= 4 is 11.4 Å². The van der Waals surface area contributed by atoms with Crippen molar-refractivity contribution in [2.75, 3.05) is 23.7 Å². The van der Waals surface area contributed by atoms with Gasteiger partial charge in [-0.25, -0.2) is 0 Å². The van der Waals surface area contributed by atoms with E-state index >= 15 is 0 Å². The van der Waals surface area contributed by atoms with Crippen molar-refractivity contribution in [1.29, 1.82) is 0 Å². The fraction of sp³-hybridized carbons (Fsp3) is 0.600. The molecule has 1 aliphatic rings. The zero-order chi connectivity index (χ0) is 12.8. The van der Waals surface area contributed by atoms with Crippen molar-refractivity contribution < 1.29 is 0 Å². The van der Waals surface area contributed by atoms with Crippen molar-refractivity contribution in [2.45, 2.75) is 34.6 Å². The summed E-state index contributed by atoms with van der Waals surface area (Å²) in [4.78, 5) is 2.45. The Morgan fingerprint density at radius 3 is 2.24 bits per heavy atom. The highest BCUT2D eigenvalue weighted by atomic mass is 15.2. The molecule has 0 aliphatic carbocycles. The highest BCUT2D eigenvalue weighted by molar-refractivity contribution is 5.65. The first-order chi connectivity index (χ1) is 7.79. The van der Waals surface area contributed by atoms with Crippen LogP contribution in [0.3, 0.4) is 0 Å². The molecular weight excluding hydrogens is 208 g/mol. The van der Waals surface area contributed by atoms with E-state index in [0.29, 0.717) is 5.41 Å². The number of nitrogens with zero attached hydrogens (tertiary/aromatic N) is 1. The van der Waals surface area contributed by atoms with Gasteiger partial charge < -0.3 is 10.6 Å². The van der Waals surface area contributed by atoms with Crippen molar-refractivity contribution in [1.82, 2.24) is 0 Å². The van der Waals surface area contributed by atoms with E-state index in [9.17, 15) is 0 Å². The van der Waals surface area contributed by atoms with E-state index in [1.807, 2.05) is 0 Å². The summed E-state index contributed by atoms with van der Waals surface area (Å²) in [6, 6.07) is 4.32. The van der Waals surface area contributed by atoms with Crippen LogP contribution in [0.5, 0.6) is 0 Å². The molecule has 2 heteroatoms. The first kappa shape index (κ1) is 12.3. The Hall–Kier alpha value is -1.18. The molecule has 0 aromatic heterocycles. The SMILES string of the molecule is Cc1cc(C)c(N2CC(C(C)(C)C)C2)cc1N. The minimum absolute atomic E-state index is 0.417. The molecule has 0 bridgehead atoms. The maximum Gasteiger partial charge on any atom is 0.0416 e. The summed E-state index contributed by atoms with van der Waals surface area (Å²) in [6.45, 7) is 13.5. The number of aryl methyl sites for hydroxylation is 2. The second-order valence-corrected chi connectivity index (χ2v) is 6.46. The molecule has 0 unspecified atom stereocenters. The van der Waals surface area contributed by atoms with E-state index in [4.69, 9.17) is 5.73 Å². The zero-order valence-electron chi connectivity index (χ0n) is 11.7. The smallest absolute Gasteiger partial charge is 0.0416 e. The lowest BCUT2D eigenvalue weighted by Crippen LogP contribution is -2.52. The quantitative estimate of drug-likeness (QED) is 0.752. The van der Waals surface area contributed by atoms with Crippen LogP contribution >= 0.6 is 0 Å². The lowest BCUT2D eigenvalue weighted by molar-refractivity contribution is 0.195. The normalized spacial score (nSPS) is 17.1. The summed E-state index contributed by atoms with van der Waals surface area (Å²) in [5.74, 6) is 0.796. The molecular formula is C15H24N2. The predicted octanol–water partition coefficient (Wildman–Crippen LogP) is 3.37. The van der Waals surface area contributed by atoms with E-state index < -0.39 is 0 Å². The molecule has 1 fully saturated rings. The zero-order valence-corrected chi connectivity index (χ0v) is 11.7. The van der Waals surface area contributed by atoms with E-state index in [1.54, 1.807) is 0 Å². The minimum Gasteiger partial charge on any atom is -0.398 e. The van der Waals surface area contributed by atoms with Crippen LogP contribution in [-0.4, -0.2) is 13.1 Å². The fourth-order valence-electron chi connectivity index (χ4n) is 2.42. The first-order valence-electron chi connectivity index (χ1n) is 6.40. The van der Waals surface area contributed by atoms with E-state index in [-0.39, 0.29) is 0 Å². The number of hydrogen-bond donors (Lipinski definition) is 1. The summed E-state index contributed by atoms with van der Waals surface area (Å²) in [6.07, 6.45) is 0. The summed E-state index contributed by atoms with van der Waals surface area (Å²) < 4.78 is 0. The Labute approximate surface area is 105 Å². The van der Waals surface area contributed by atoms with Gasteiger partial charge in [0.05, 0.1) is 0 Å². The van der Waals surface area contributed by atoms with Gasteiger partial charge in [-0.3, -0.25) is 0 Å². The molecule has 0 radical (unpaired) electrons. The Kier molecular flexibility index (Phi) is 2.84. The summed E-state index contributed by atoms with van der Waals surface area (Å²) in [7, 11) is 0. The molecule has 1 aromatic rings. The Bertz CT molecular complexity index is 423. The van der Waals surface area contributed by atoms with Gasteiger partial charge in [0, 0.05) is 24.5 Å². The molecule has 94 valence electrons. The number of nitrogens with two attached hydrogens (primary N) is 1. The van der Waals surface area contributed by atoms with Gasteiger partial charge in [0.15, 0.2) is 0 Å². The molecule has 0 saturated carbocycles. The second-order valence-electron chi connectivity index (χ2n) is 6.46. The number of nitrogen functional groups attached to an aromatic ring is 1. The average molecular weight is 232 g/mol. The summed E-state index contributed by atoms with van der Waals surface area (Å²) >= 11 is 0. The molecule has 1 heterocycles. The average Bonchev–Trinajstić information content (AvgIpc) is 2.08. The monoisotopic (exact) mass is 232 g/mol. The fourth-order valence-corrected chi connectivity index (χ4v) is 2.42. The number of hydrogen-bond acceptors (Lipinski definition) is 2. The third-order valence-corrected chi connectivity index (χ3v) is 4.03. The third kappa shape index (κ3) is 2.26. The van der Waals surface area contributed by atoms with Gasteiger partial charge in [0.2, 0.25) is 0 Å². The van der Waals surface area contributed by atoms with E-state index in [2.05, 4.69) is 51.7 Å². The molecule has 2 rings (SSSR count). The summed E-state index contributed by atoms with van der Waals surface area (Å²) in [5.41, 5.74) is 11.2. The van der Waals surface area contributed by atoms with Gasteiger partial charge in [-0.1, -0.05) is 26.8 Å². The van der Waals surface area contributed by atoms with Gasteiger partial charge in [0.25, 0.3) is 0 Å². The molecule has 17 heavy (non-hydrogen) atoms. The van der Waals surface area contributed by atoms with Crippen LogP contribution < -0.4 is 10.6 Å². The molecule has 0 spiro atoms. The van der Waals surface area contributed by atoms with Crippen LogP contribution in [0.1, 0.15) is 31.9 Å². The Morgan fingerprint density at radius 1 is 1.12 bits per heavy atom. The number of anilines is 2. The molecule has 2 N–H and O–H groups in total. The van der Waals surface area contributed by atoms with Gasteiger partial charge in [-0.2, -0.15) is 0 Å². The van der Waals surface area contributed by atoms with Gasteiger partial charge in [-0.15, -0.1) is 0 Å².